The maximum absolute atomic E-state index is 12.8. The summed E-state index contributed by atoms with van der Waals surface area (Å²) in [6.07, 6.45) is 70.8. The number of hydrogen-bond acceptors (Lipinski definition) is 6. The summed E-state index contributed by atoms with van der Waals surface area (Å²) in [4.78, 5) is 38.0. The van der Waals surface area contributed by atoms with Gasteiger partial charge in [-0.15, -0.1) is 0 Å². The minimum absolute atomic E-state index is 0.110. The maximum Gasteiger partial charge on any atom is 0.306 e. The van der Waals surface area contributed by atoms with Gasteiger partial charge in [-0.3, -0.25) is 14.4 Å². The molecule has 0 aromatic rings. The standard InChI is InChI=1S/C59H96O6/c1-4-7-10-13-16-19-22-25-27-29-31-34-37-40-43-46-49-52-58(61)64-55-56(54-63-57(60)51-48-45-42-39-36-33-24-21-18-15-12-9-6-3)65-59(62)53-50-47-44-41-38-35-32-30-28-26-23-20-17-14-11-8-5-2/h7,9-10,12,16-21,25-28,33,36,42,45,56H,4-6,8,11,13-15,22-24,29-32,34-35,37-41,43-44,46-55H2,1-3H3/b10-7-,12-9-,19-16-,20-17-,21-18-,27-25-,28-26-,36-33-,45-42-. The van der Waals surface area contributed by atoms with Crippen LogP contribution in [0.4, 0.5) is 0 Å². The topological polar surface area (TPSA) is 78.9 Å². The molecule has 1 unspecified atom stereocenters. The molecule has 0 heterocycles. The largest absolute Gasteiger partial charge is 0.462 e. The zero-order valence-corrected chi connectivity index (χ0v) is 42.0. The molecule has 0 N–H and O–H groups in total. The summed E-state index contributed by atoms with van der Waals surface area (Å²) in [6, 6.07) is 0. The van der Waals surface area contributed by atoms with E-state index in [0.717, 1.165) is 103 Å². The van der Waals surface area contributed by atoms with E-state index in [0.29, 0.717) is 19.3 Å². The molecule has 6 nitrogen and oxygen atoms in total. The molecule has 6 heteroatoms. The first kappa shape index (κ1) is 61.1. The predicted octanol–water partition coefficient (Wildman–Crippen LogP) is 17.5. The highest BCUT2D eigenvalue weighted by molar-refractivity contribution is 5.71. The van der Waals surface area contributed by atoms with Crippen LogP contribution in [0.3, 0.4) is 0 Å². The van der Waals surface area contributed by atoms with Gasteiger partial charge < -0.3 is 14.2 Å². The second-order valence-corrected chi connectivity index (χ2v) is 17.0. The molecule has 0 aliphatic carbocycles. The van der Waals surface area contributed by atoms with Gasteiger partial charge in [0, 0.05) is 19.3 Å². The highest BCUT2D eigenvalue weighted by Gasteiger charge is 2.19. The molecule has 368 valence electrons. The average Bonchev–Trinajstić information content (AvgIpc) is 3.30. The second-order valence-electron chi connectivity index (χ2n) is 17.0. The Morgan fingerprint density at radius 1 is 0.323 bits per heavy atom. The molecule has 0 aliphatic heterocycles. The van der Waals surface area contributed by atoms with Gasteiger partial charge in [0.2, 0.25) is 0 Å². The molecule has 0 aliphatic rings. The van der Waals surface area contributed by atoms with Crippen molar-refractivity contribution in [1.29, 1.82) is 0 Å². The van der Waals surface area contributed by atoms with Crippen molar-refractivity contribution in [3.8, 4) is 0 Å². The molecule has 0 amide bonds. The number of unbranched alkanes of at least 4 members (excludes halogenated alkanes) is 17. The van der Waals surface area contributed by atoms with Crippen LogP contribution in [0.2, 0.25) is 0 Å². The van der Waals surface area contributed by atoms with Crippen LogP contribution in [-0.4, -0.2) is 37.2 Å². The lowest BCUT2D eigenvalue weighted by atomic mass is 10.1. The van der Waals surface area contributed by atoms with Crippen molar-refractivity contribution in [2.75, 3.05) is 13.2 Å². The lowest BCUT2D eigenvalue weighted by Gasteiger charge is -2.18. The molecule has 1 atom stereocenters. The summed E-state index contributed by atoms with van der Waals surface area (Å²) < 4.78 is 16.7. The van der Waals surface area contributed by atoms with Crippen molar-refractivity contribution < 1.29 is 28.6 Å². The number of ether oxygens (including phenoxy) is 3. The highest BCUT2D eigenvalue weighted by Crippen LogP contribution is 2.14. The molecule has 0 aromatic carbocycles. The lowest BCUT2D eigenvalue weighted by molar-refractivity contribution is -0.166. The number of carbonyl (C=O) groups is 3. The molecule has 65 heavy (non-hydrogen) atoms. The molecule has 0 saturated heterocycles. The fourth-order valence-corrected chi connectivity index (χ4v) is 6.85. The molecule has 0 fully saturated rings. The Morgan fingerprint density at radius 2 is 0.631 bits per heavy atom. The minimum atomic E-state index is -0.817. The first-order valence-corrected chi connectivity index (χ1v) is 26.4. The summed E-state index contributed by atoms with van der Waals surface area (Å²) in [5.41, 5.74) is 0. The van der Waals surface area contributed by atoms with Crippen LogP contribution in [0.15, 0.2) is 109 Å². The van der Waals surface area contributed by atoms with Crippen molar-refractivity contribution >= 4 is 17.9 Å². The first-order chi connectivity index (χ1) is 32.0. The van der Waals surface area contributed by atoms with Gasteiger partial charge in [-0.2, -0.15) is 0 Å². The highest BCUT2D eigenvalue weighted by atomic mass is 16.6. The third-order valence-electron chi connectivity index (χ3n) is 10.8. The van der Waals surface area contributed by atoms with Gasteiger partial charge in [0.1, 0.15) is 13.2 Å². The van der Waals surface area contributed by atoms with Crippen molar-refractivity contribution in [1.82, 2.24) is 0 Å². The lowest BCUT2D eigenvalue weighted by Crippen LogP contribution is -2.30. The van der Waals surface area contributed by atoms with Crippen molar-refractivity contribution in [3.05, 3.63) is 109 Å². The van der Waals surface area contributed by atoms with E-state index in [1.165, 1.54) is 77.0 Å². The van der Waals surface area contributed by atoms with Gasteiger partial charge in [-0.1, -0.05) is 207 Å². The molecular weight excluding hydrogens is 805 g/mol. The monoisotopic (exact) mass is 901 g/mol. The first-order valence-electron chi connectivity index (χ1n) is 26.4. The number of esters is 3. The van der Waals surface area contributed by atoms with Gasteiger partial charge >= 0.3 is 17.9 Å². The number of carbonyl (C=O) groups excluding carboxylic acids is 3. The zero-order chi connectivity index (χ0) is 47.2. The van der Waals surface area contributed by atoms with Crippen LogP contribution in [0.1, 0.15) is 226 Å². The van der Waals surface area contributed by atoms with E-state index in [4.69, 9.17) is 14.2 Å². The van der Waals surface area contributed by atoms with Crippen LogP contribution in [0.25, 0.3) is 0 Å². The van der Waals surface area contributed by atoms with Gasteiger partial charge in [0.15, 0.2) is 6.10 Å². The summed E-state index contributed by atoms with van der Waals surface area (Å²) in [5.74, 6) is -1.02. The van der Waals surface area contributed by atoms with Crippen LogP contribution in [0.5, 0.6) is 0 Å². The average molecular weight is 901 g/mol. The van der Waals surface area contributed by atoms with Crippen LogP contribution < -0.4 is 0 Å². The fraction of sp³-hybridized carbons (Fsp3) is 0.644. The number of rotatable bonds is 46. The number of hydrogen-bond donors (Lipinski definition) is 0. The van der Waals surface area contributed by atoms with Crippen molar-refractivity contribution in [3.63, 3.8) is 0 Å². The zero-order valence-electron chi connectivity index (χ0n) is 42.0. The van der Waals surface area contributed by atoms with Gasteiger partial charge in [0.25, 0.3) is 0 Å². The summed E-state index contributed by atoms with van der Waals surface area (Å²) >= 11 is 0. The van der Waals surface area contributed by atoms with E-state index in [9.17, 15) is 14.4 Å². The van der Waals surface area contributed by atoms with Crippen LogP contribution in [0, 0.1) is 0 Å². The van der Waals surface area contributed by atoms with Crippen molar-refractivity contribution in [2.24, 2.45) is 0 Å². The molecule has 0 spiro atoms. The van der Waals surface area contributed by atoms with Gasteiger partial charge in [-0.05, 0) is 109 Å². The quantitative estimate of drug-likeness (QED) is 0.0262. The Balaban J connectivity index is 4.49. The Hall–Kier alpha value is -3.93. The summed E-state index contributed by atoms with van der Waals surface area (Å²) in [6.45, 7) is 6.30. The predicted molar refractivity (Wildman–Crippen MR) is 279 cm³/mol. The third-order valence-corrected chi connectivity index (χ3v) is 10.8. The maximum atomic E-state index is 12.8. The molecule has 0 aromatic heterocycles. The van der Waals surface area contributed by atoms with Crippen LogP contribution in [-0.2, 0) is 28.6 Å². The molecule has 0 bridgehead atoms. The Morgan fingerprint density at radius 3 is 1.03 bits per heavy atom. The Kier molecular flexibility index (Phi) is 49.5. The summed E-state index contributed by atoms with van der Waals surface area (Å²) in [7, 11) is 0. The van der Waals surface area contributed by atoms with Gasteiger partial charge in [-0.25, -0.2) is 0 Å². The SMILES string of the molecule is CC/C=C\C/C=C\C/C=C\C/C=C\CCC(=O)OCC(COC(=O)CCCCCCCCC/C=C\C/C=C\C/C=C\CC)OC(=O)CCCCCCCCC/C=C\C/C=C\CCCCC. The normalized spacial score (nSPS) is 13.0. The summed E-state index contributed by atoms with van der Waals surface area (Å²) in [5, 5.41) is 0. The van der Waals surface area contributed by atoms with Gasteiger partial charge in [0.05, 0.1) is 0 Å². The fourth-order valence-electron chi connectivity index (χ4n) is 6.85. The van der Waals surface area contributed by atoms with E-state index in [1.807, 2.05) is 12.2 Å². The second kappa shape index (κ2) is 52.7. The van der Waals surface area contributed by atoms with E-state index >= 15 is 0 Å². The smallest absolute Gasteiger partial charge is 0.306 e. The van der Waals surface area contributed by atoms with Crippen molar-refractivity contribution in [2.45, 2.75) is 232 Å². The molecular formula is C59H96O6. The minimum Gasteiger partial charge on any atom is -0.462 e. The van der Waals surface area contributed by atoms with E-state index in [-0.39, 0.29) is 37.5 Å². The molecule has 0 rings (SSSR count). The third kappa shape index (κ3) is 50.9. The molecule has 0 saturated carbocycles. The van der Waals surface area contributed by atoms with E-state index in [2.05, 4.69) is 118 Å². The Bertz CT molecular complexity index is 1360. The van der Waals surface area contributed by atoms with E-state index in [1.54, 1.807) is 0 Å². The Labute approximate surface area is 400 Å². The van der Waals surface area contributed by atoms with E-state index < -0.39 is 6.10 Å². The van der Waals surface area contributed by atoms with Crippen LogP contribution >= 0.6 is 0 Å². The number of allylic oxidation sites excluding steroid dienone is 18. The molecule has 0 radical (unpaired) electrons.